The van der Waals surface area contributed by atoms with Gasteiger partial charge in [-0.15, -0.1) is 13.2 Å². The van der Waals surface area contributed by atoms with E-state index in [0.29, 0.717) is 29.7 Å². The minimum Gasteiger partial charge on any atom is -0.406 e. The number of nitrogens with one attached hydrogen (secondary N) is 4. The van der Waals surface area contributed by atoms with E-state index in [2.05, 4.69) is 69.7 Å². The van der Waals surface area contributed by atoms with Gasteiger partial charge in [-0.05, 0) is 90.9 Å². The van der Waals surface area contributed by atoms with Gasteiger partial charge in [-0.1, -0.05) is 38.1 Å². The van der Waals surface area contributed by atoms with E-state index in [9.17, 15) is 18.0 Å². The molecule has 4 N–H and O–H groups in total. The zero-order valence-corrected chi connectivity index (χ0v) is 24.5. The van der Waals surface area contributed by atoms with E-state index < -0.39 is 18.0 Å². The van der Waals surface area contributed by atoms with Crippen molar-refractivity contribution in [2.45, 2.75) is 46.5 Å². The van der Waals surface area contributed by atoms with Crippen LogP contribution in [0.25, 0.3) is 5.69 Å². The Bertz CT molecular complexity index is 1490. The van der Waals surface area contributed by atoms with Crippen LogP contribution in [0.4, 0.5) is 24.5 Å². The third-order valence-electron chi connectivity index (χ3n) is 6.30. The molecule has 222 valence electrons. The van der Waals surface area contributed by atoms with E-state index in [4.69, 9.17) is 0 Å². The number of amides is 1. The maximum atomic E-state index is 12.6. The number of anilines is 2. The van der Waals surface area contributed by atoms with Crippen molar-refractivity contribution in [1.29, 1.82) is 0 Å². The molecule has 4 rings (SSSR count). The molecule has 12 heteroatoms. The molecule has 4 aromatic rings. The van der Waals surface area contributed by atoms with Crippen LogP contribution in [0.15, 0.2) is 72.9 Å². The third kappa shape index (κ3) is 8.75. The molecule has 0 spiro atoms. The summed E-state index contributed by atoms with van der Waals surface area (Å²) >= 11 is 1.53. The van der Waals surface area contributed by atoms with Gasteiger partial charge in [0.1, 0.15) is 5.75 Å². The van der Waals surface area contributed by atoms with Crippen LogP contribution in [0, 0.1) is 13.8 Å². The fourth-order valence-corrected chi connectivity index (χ4v) is 4.62. The Morgan fingerprint density at radius 1 is 1.00 bits per heavy atom. The molecule has 0 saturated heterocycles. The maximum absolute atomic E-state index is 12.6. The highest BCUT2D eigenvalue weighted by Crippen LogP contribution is 2.26. The van der Waals surface area contributed by atoms with Gasteiger partial charge >= 0.3 is 6.36 Å². The number of nitrogens with zero attached hydrogens (tertiary/aromatic N) is 2. The predicted molar refractivity (Wildman–Crippen MR) is 161 cm³/mol. The van der Waals surface area contributed by atoms with Gasteiger partial charge in [0.05, 0.1) is 29.1 Å². The summed E-state index contributed by atoms with van der Waals surface area (Å²) in [5.41, 5.74) is 10.0. The number of alkyl halides is 3. The predicted octanol–water partition coefficient (Wildman–Crippen LogP) is 7.08. The molecule has 0 aliphatic carbocycles. The first-order valence-corrected chi connectivity index (χ1v) is 14.2. The van der Waals surface area contributed by atoms with Crippen LogP contribution in [0.3, 0.4) is 0 Å². The fraction of sp³-hybridized carbons (Fsp3) is 0.267. The molecule has 0 atom stereocenters. The molecular weight excluding hydrogens is 565 g/mol. The standard InChI is InChI=1S/C30H33F3N6O2S/c1-19(2)26-14-5-20(3)15-27(26)34-18-42-38-35-16-22-6-10-24(11-7-22)39-17-28(21(4)37-39)36-29(40)23-8-12-25(13-9-23)41-30(31,32)33/h5-15,17,19,34-35,38H,16,18H2,1-4H3,(H,36,40). The summed E-state index contributed by atoms with van der Waals surface area (Å²) in [6, 6.07) is 19.0. The van der Waals surface area contributed by atoms with E-state index in [-0.39, 0.29) is 5.56 Å². The van der Waals surface area contributed by atoms with Crippen molar-refractivity contribution < 1.29 is 22.7 Å². The third-order valence-corrected chi connectivity index (χ3v) is 6.88. The summed E-state index contributed by atoms with van der Waals surface area (Å²) in [5, 5.41) is 10.7. The van der Waals surface area contributed by atoms with Crippen molar-refractivity contribution in [3.8, 4) is 11.4 Å². The number of hydrogen-bond donors (Lipinski definition) is 4. The van der Waals surface area contributed by atoms with Gasteiger partial charge in [-0.2, -0.15) is 9.93 Å². The van der Waals surface area contributed by atoms with E-state index in [1.807, 2.05) is 24.3 Å². The number of hydrogen-bond acceptors (Lipinski definition) is 7. The van der Waals surface area contributed by atoms with Crippen LogP contribution < -0.4 is 25.6 Å². The van der Waals surface area contributed by atoms with Crippen LogP contribution >= 0.6 is 11.9 Å². The number of carbonyl (C=O) groups excluding carboxylic acids is 1. The maximum Gasteiger partial charge on any atom is 0.573 e. The molecule has 3 aromatic carbocycles. The minimum absolute atomic E-state index is 0.187. The number of ether oxygens (including phenoxy) is 1. The first-order valence-electron chi connectivity index (χ1n) is 13.3. The lowest BCUT2D eigenvalue weighted by Crippen LogP contribution is -2.26. The zero-order valence-electron chi connectivity index (χ0n) is 23.7. The molecular formula is C30H33F3N6O2S. The Morgan fingerprint density at radius 3 is 2.38 bits per heavy atom. The molecule has 0 saturated carbocycles. The van der Waals surface area contributed by atoms with Gasteiger partial charge in [-0.3, -0.25) is 4.79 Å². The van der Waals surface area contributed by atoms with Crippen molar-refractivity contribution >= 4 is 29.2 Å². The molecule has 0 fully saturated rings. The molecule has 1 heterocycles. The SMILES string of the molecule is Cc1ccc(C(C)C)c(NCSNNCc2ccc(-n3cc(NC(=O)c4ccc(OC(F)(F)F)cc4)c(C)n3)cc2)c1. The Kier molecular flexibility index (Phi) is 10.2. The van der Waals surface area contributed by atoms with Gasteiger partial charge in [0.2, 0.25) is 0 Å². The van der Waals surface area contributed by atoms with Crippen LogP contribution in [0.1, 0.15) is 52.5 Å². The molecule has 42 heavy (non-hydrogen) atoms. The van der Waals surface area contributed by atoms with Crippen LogP contribution in [-0.2, 0) is 6.54 Å². The lowest BCUT2D eigenvalue weighted by atomic mass is 9.99. The quantitative estimate of drug-likeness (QED) is 0.0600. The first kappa shape index (κ1) is 30.9. The summed E-state index contributed by atoms with van der Waals surface area (Å²) in [4.78, 5) is 15.8. The highest BCUT2D eigenvalue weighted by Gasteiger charge is 2.31. The highest BCUT2D eigenvalue weighted by molar-refractivity contribution is 7.97. The van der Waals surface area contributed by atoms with Gasteiger partial charge in [0, 0.05) is 17.8 Å². The van der Waals surface area contributed by atoms with Gasteiger partial charge in [0.25, 0.3) is 5.91 Å². The van der Waals surface area contributed by atoms with E-state index in [0.717, 1.165) is 29.1 Å². The molecule has 0 bridgehead atoms. The Hall–Kier alpha value is -4.00. The number of rotatable bonds is 12. The second-order valence-electron chi connectivity index (χ2n) is 9.93. The molecule has 0 radical (unpaired) electrons. The number of carbonyl (C=O) groups is 1. The molecule has 0 aliphatic rings. The smallest absolute Gasteiger partial charge is 0.406 e. The number of halogens is 3. The summed E-state index contributed by atoms with van der Waals surface area (Å²) in [6.07, 6.45) is -3.11. The molecule has 0 aliphatic heterocycles. The summed E-state index contributed by atoms with van der Waals surface area (Å²) in [5.74, 6) is 0.271. The monoisotopic (exact) mass is 598 g/mol. The lowest BCUT2D eigenvalue weighted by molar-refractivity contribution is -0.274. The first-order chi connectivity index (χ1) is 20.0. The highest BCUT2D eigenvalue weighted by atomic mass is 32.2. The van der Waals surface area contributed by atoms with Gasteiger partial charge < -0.3 is 15.4 Å². The number of hydrazine groups is 1. The van der Waals surface area contributed by atoms with Crippen LogP contribution in [0.5, 0.6) is 5.75 Å². The second-order valence-corrected chi connectivity index (χ2v) is 10.7. The number of aromatic nitrogens is 2. The largest absolute Gasteiger partial charge is 0.573 e. The minimum atomic E-state index is -4.79. The number of benzene rings is 3. The second kappa shape index (κ2) is 13.8. The summed E-state index contributed by atoms with van der Waals surface area (Å²) < 4.78 is 42.6. The summed E-state index contributed by atoms with van der Waals surface area (Å²) in [7, 11) is 0. The lowest BCUT2D eigenvalue weighted by Gasteiger charge is -2.15. The van der Waals surface area contributed by atoms with Crippen molar-refractivity contribution in [1.82, 2.24) is 20.0 Å². The topological polar surface area (TPSA) is 92.2 Å². The average Bonchev–Trinajstić information content (AvgIpc) is 3.30. The normalized spacial score (nSPS) is 11.5. The van der Waals surface area contributed by atoms with E-state index >= 15 is 0 Å². The Balaban J connectivity index is 1.24. The van der Waals surface area contributed by atoms with E-state index in [1.54, 1.807) is 17.8 Å². The molecule has 1 aromatic heterocycles. The van der Waals surface area contributed by atoms with Crippen molar-refractivity contribution in [3.05, 3.63) is 101 Å². The van der Waals surface area contributed by atoms with Crippen molar-refractivity contribution in [3.63, 3.8) is 0 Å². The average molecular weight is 599 g/mol. The van der Waals surface area contributed by atoms with Crippen LogP contribution in [0.2, 0.25) is 0 Å². The van der Waals surface area contributed by atoms with Gasteiger partial charge in [0.15, 0.2) is 0 Å². The molecule has 1 amide bonds. The molecule has 8 nitrogen and oxygen atoms in total. The zero-order chi connectivity index (χ0) is 30.3. The Morgan fingerprint density at radius 2 is 1.71 bits per heavy atom. The number of aryl methyl sites for hydroxylation is 2. The van der Waals surface area contributed by atoms with Gasteiger partial charge in [-0.25, -0.2) is 10.1 Å². The van der Waals surface area contributed by atoms with E-state index in [1.165, 1.54) is 35.2 Å². The van der Waals surface area contributed by atoms with Crippen molar-refractivity contribution in [2.75, 3.05) is 16.5 Å². The van der Waals surface area contributed by atoms with Crippen LogP contribution in [-0.4, -0.2) is 27.9 Å². The summed E-state index contributed by atoms with van der Waals surface area (Å²) in [6.45, 7) is 8.83. The van der Waals surface area contributed by atoms with Crippen molar-refractivity contribution in [2.24, 2.45) is 0 Å². The molecule has 0 unspecified atom stereocenters. The Labute approximate surface area is 247 Å². The fourth-order valence-electron chi connectivity index (χ4n) is 4.15.